The number of hydrogen-bond donors (Lipinski definition) is 2. The zero-order valence-electron chi connectivity index (χ0n) is 10.9. The molecule has 2 nitrogen and oxygen atoms in total. The van der Waals surface area contributed by atoms with Gasteiger partial charge in [-0.05, 0) is 61.9 Å². The van der Waals surface area contributed by atoms with E-state index in [1.807, 2.05) is 27.7 Å². The summed E-state index contributed by atoms with van der Waals surface area (Å²) in [5.74, 6) is 0. The van der Waals surface area contributed by atoms with Crippen LogP contribution >= 0.6 is 15.9 Å². The number of halogens is 1. The topological polar surface area (TPSA) is 40.5 Å². The largest absolute Gasteiger partial charge is 0.390 e. The molecule has 0 heterocycles. The first-order chi connectivity index (χ1) is 7.90. The maximum atomic E-state index is 10.3. The second-order valence-electron chi connectivity index (χ2n) is 4.66. The van der Waals surface area contributed by atoms with Gasteiger partial charge in [0.25, 0.3) is 0 Å². The Bertz CT molecular complexity index is 375. The van der Waals surface area contributed by atoms with Crippen LogP contribution in [0.15, 0.2) is 6.07 Å². The summed E-state index contributed by atoms with van der Waals surface area (Å²) >= 11 is 3.29. The van der Waals surface area contributed by atoms with E-state index in [9.17, 15) is 10.2 Å². The minimum absolute atomic E-state index is 0.549. The van der Waals surface area contributed by atoms with E-state index in [0.717, 1.165) is 27.8 Å². The van der Waals surface area contributed by atoms with Gasteiger partial charge >= 0.3 is 0 Å². The number of aliphatic hydroxyl groups excluding tert-OH is 2. The average molecular weight is 301 g/mol. The molecule has 0 saturated heterocycles. The van der Waals surface area contributed by atoms with E-state index < -0.39 is 12.2 Å². The standard InChI is InChI=1S/C14H21BrO2/c1-8-7-9(2)11(4)13(10(8)3)14(17)12(16)5-6-15/h7,12,14,16-17H,5-6H2,1-4H3. The summed E-state index contributed by atoms with van der Waals surface area (Å²) < 4.78 is 0. The number of aryl methyl sites for hydroxylation is 2. The number of alkyl halides is 1. The minimum Gasteiger partial charge on any atom is -0.390 e. The van der Waals surface area contributed by atoms with E-state index >= 15 is 0 Å². The van der Waals surface area contributed by atoms with E-state index in [1.165, 1.54) is 0 Å². The molecule has 0 amide bonds. The van der Waals surface area contributed by atoms with Gasteiger partial charge in [-0.2, -0.15) is 0 Å². The maximum absolute atomic E-state index is 10.3. The van der Waals surface area contributed by atoms with Gasteiger partial charge < -0.3 is 10.2 Å². The smallest absolute Gasteiger partial charge is 0.105 e. The van der Waals surface area contributed by atoms with E-state index in [0.29, 0.717) is 11.8 Å². The van der Waals surface area contributed by atoms with E-state index in [4.69, 9.17) is 0 Å². The summed E-state index contributed by atoms with van der Waals surface area (Å²) in [5, 5.41) is 20.9. The molecule has 0 radical (unpaired) electrons. The van der Waals surface area contributed by atoms with Crippen LogP contribution in [0.4, 0.5) is 0 Å². The predicted octanol–water partition coefficient (Wildman–Crippen LogP) is 3.10. The highest BCUT2D eigenvalue weighted by Crippen LogP contribution is 2.30. The molecule has 0 bridgehead atoms. The molecule has 0 fully saturated rings. The highest BCUT2D eigenvalue weighted by atomic mass is 79.9. The molecule has 1 aromatic carbocycles. The SMILES string of the molecule is Cc1cc(C)c(C)c(C(O)C(O)CCBr)c1C. The molecule has 3 heteroatoms. The van der Waals surface area contributed by atoms with E-state index in [1.54, 1.807) is 0 Å². The van der Waals surface area contributed by atoms with Crippen molar-refractivity contribution in [1.82, 2.24) is 0 Å². The first-order valence-corrected chi connectivity index (χ1v) is 7.01. The van der Waals surface area contributed by atoms with Crippen LogP contribution in [0.3, 0.4) is 0 Å². The van der Waals surface area contributed by atoms with Crippen molar-refractivity contribution in [3.05, 3.63) is 33.9 Å². The van der Waals surface area contributed by atoms with Gasteiger partial charge in [0, 0.05) is 5.33 Å². The first-order valence-electron chi connectivity index (χ1n) is 5.89. The first kappa shape index (κ1) is 14.7. The summed E-state index contributed by atoms with van der Waals surface area (Å²) in [6.45, 7) is 8.08. The number of hydrogen-bond acceptors (Lipinski definition) is 2. The van der Waals surface area contributed by atoms with Crippen LogP contribution in [0.2, 0.25) is 0 Å². The number of aliphatic hydroxyl groups is 2. The molecule has 96 valence electrons. The van der Waals surface area contributed by atoms with Gasteiger partial charge in [0.2, 0.25) is 0 Å². The lowest BCUT2D eigenvalue weighted by atomic mass is 9.88. The van der Waals surface area contributed by atoms with Crippen LogP contribution in [0.25, 0.3) is 0 Å². The van der Waals surface area contributed by atoms with Gasteiger partial charge in [0.15, 0.2) is 0 Å². The van der Waals surface area contributed by atoms with Crippen molar-refractivity contribution in [2.24, 2.45) is 0 Å². The molecule has 2 atom stereocenters. The van der Waals surface area contributed by atoms with Crippen molar-refractivity contribution in [3.8, 4) is 0 Å². The third kappa shape index (κ3) is 3.09. The highest BCUT2D eigenvalue weighted by molar-refractivity contribution is 9.09. The Morgan fingerprint density at radius 1 is 1.06 bits per heavy atom. The molecule has 0 aliphatic rings. The van der Waals surface area contributed by atoms with Gasteiger partial charge in [0.1, 0.15) is 6.10 Å². The van der Waals surface area contributed by atoms with Crippen LogP contribution in [0, 0.1) is 27.7 Å². The second kappa shape index (κ2) is 5.98. The van der Waals surface area contributed by atoms with E-state index in [-0.39, 0.29) is 0 Å². The molecule has 0 aliphatic carbocycles. The molecular weight excluding hydrogens is 280 g/mol. The van der Waals surface area contributed by atoms with Crippen LogP contribution in [0.5, 0.6) is 0 Å². The zero-order valence-corrected chi connectivity index (χ0v) is 12.5. The average Bonchev–Trinajstić information content (AvgIpc) is 2.27. The highest BCUT2D eigenvalue weighted by Gasteiger charge is 2.22. The van der Waals surface area contributed by atoms with Gasteiger partial charge in [-0.25, -0.2) is 0 Å². The molecule has 0 spiro atoms. The minimum atomic E-state index is -0.800. The molecule has 1 aromatic rings. The molecule has 0 aromatic heterocycles. The van der Waals surface area contributed by atoms with Crippen molar-refractivity contribution in [2.45, 2.75) is 46.3 Å². The summed E-state index contributed by atoms with van der Waals surface area (Å²) in [5.41, 5.74) is 5.36. The third-order valence-electron chi connectivity index (χ3n) is 3.49. The van der Waals surface area contributed by atoms with Gasteiger partial charge in [0.05, 0.1) is 6.10 Å². The number of benzene rings is 1. The molecule has 2 unspecified atom stereocenters. The Balaban J connectivity index is 3.20. The summed E-state index contributed by atoms with van der Waals surface area (Å²) in [7, 11) is 0. The Morgan fingerprint density at radius 3 is 1.94 bits per heavy atom. The fourth-order valence-electron chi connectivity index (χ4n) is 2.15. The number of rotatable bonds is 4. The monoisotopic (exact) mass is 300 g/mol. The third-order valence-corrected chi connectivity index (χ3v) is 3.95. The van der Waals surface area contributed by atoms with Gasteiger partial charge in [-0.15, -0.1) is 0 Å². The zero-order chi connectivity index (χ0) is 13.2. The van der Waals surface area contributed by atoms with Crippen LogP contribution in [-0.2, 0) is 0 Å². The van der Waals surface area contributed by atoms with E-state index in [2.05, 4.69) is 22.0 Å². The molecule has 2 N–H and O–H groups in total. The van der Waals surface area contributed by atoms with Gasteiger partial charge in [-0.3, -0.25) is 0 Å². The predicted molar refractivity (Wildman–Crippen MR) is 74.8 cm³/mol. The second-order valence-corrected chi connectivity index (χ2v) is 5.46. The van der Waals surface area contributed by atoms with Crippen molar-refractivity contribution in [3.63, 3.8) is 0 Å². The van der Waals surface area contributed by atoms with Crippen molar-refractivity contribution in [2.75, 3.05) is 5.33 Å². The Labute approximate surface area is 112 Å². The van der Waals surface area contributed by atoms with Crippen molar-refractivity contribution >= 4 is 15.9 Å². The normalized spacial score (nSPS) is 14.8. The maximum Gasteiger partial charge on any atom is 0.105 e. The summed E-state index contributed by atoms with van der Waals surface area (Å²) in [6, 6.07) is 2.12. The van der Waals surface area contributed by atoms with Crippen LogP contribution in [-0.4, -0.2) is 21.6 Å². The summed E-state index contributed by atoms with van der Waals surface area (Å²) in [4.78, 5) is 0. The quantitative estimate of drug-likeness (QED) is 0.839. The van der Waals surface area contributed by atoms with Crippen molar-refractivity contribution < 1.29 is 10.2 Å². The summed E-state index contributed by atoms with van der Waals surface area (Å²) in [6.07, 6.45) is -0.966. The lowest BCUT2D eigenvalue weighted by Crippen LogP contribution is -2.21. The molecule has 17 heavy (non-hydrogen) atoms. The molecule has 1 rings (SSSR count). The fourth-order valence-corrected chi connectivity index (χ4v) is 2.62. The van der Waals surface area contributed by atoms with Gasteiger partial charge in [-0.1, -0.05) is 22.0 Å². The Hall–Kier alpha value is -0.380. The van der Waals surface area contributed by atoms with Crippen molar-refractivity contribution in [1.29, 1.82) is 0 Å². The molecule has 0 saturated carbocycles. The Morgan fingerprint density at radius 2 is 1.53 bits per heavy atom. The van der Waals surface area contributed by atoms with Crippen LogP contribution in [0.1, 0.15) is 40.3 Å². The fraction of sp³-hybridized carbons (Fsp3) is 0.571. The molecule has 0 aliphatic heterocycles. The Kier molecular flexibility index (Phi) is 5.17. The van der Waals surface area contributed by atoms with Crippen LogP contribution < -0.4 is 0 Å². The lowest BCUT2D eigenvalue weighted by molar-refractivity contribution is 0.0165. The molecular formula is C14H21BrO2. The lowest BCUT2D eigenvalue weighted by Gasteiger charge is -2.23.